The summed E-state index contributed by atoms with van der Waals surface area (Å²) in [5, 5.41) is 3.60. The van der Waals surface area contributed by atoms with Gasteiger partial charge in [0.1, 0.15) is 5.75 Å². The Morgan fingerprint density at radius 3 is 3.06 bits per heavy atom. The van der Waals surface area contributed by atoms with Crippen molar-refractivity contribution < 1.29 is 4.74 Å². The van der Waals surface area contributed by atoms with Crippen LogP contribution in [0.3, 0.4) is 0 Å². The van der Waals surface area contributed by atoms with Gasteiger partial charge in [-0.15, -0.1) is 0 Å². The molecule has 1 aliphatic rings. The molecule has 3 heteroatoms. The van der Waals surface area contributed by atoms with Gasteiger partial charge in [0.05, 0.1) is 11.1 Å². The summed E-state index contributed by atoms with van der Waals surface area (Å²) in [6.07, 6.45) is 1.16. The largest absolute Gasteiger partial charge is 0.492 e. The topological polar surface area (TPSA) is 21.3 Å². The molecule has 0 fully saturated rings. The summed E-state index contributed by atoms with van der Waals surface area (Å²) in [4.78, 5) is 0. The van der Waals surface area contributed by atoms with Crippen LogP contribution in [0.15, 0.2) is 22.7 Å². The molecular weight excluding hydrogens is 266 g/mol. The predicted octanol–water partition coefficient (Wildman–Crippen LogP) is 3.52. The van der Waals surface area contributed by atoms with Crippen molar-refractivity contribution in [1.29, 1.82) is 0 Å². The molecule has 1 N–H and O–H groups in total. The summed E-state index contributed by atoms with van der Waals surface area (Å²) in [5.41, 5.74) is 1.28. The zero-order valence-electron chi connectivity index (χ0n) is 9.79. The van der Waals surface area contributed by atoms with Gasteiger partial charge in [0.2, 0.25) is 0 Å². The highest BCUT2D eigenvalue weighted by molar-refractivity contribution is 9.10. The minimum atomic E-state index is 0.418. The van der Waals surface area contributed by atoms with Gasteiger partial charge in [0.25, 0.3) is 0 Å². The molecule has 16 heavy (non-hydrogen) atoms. The molecule has 2 nitrogen and oxygen atoms in total. The lowest BCUT2D eigenvalue weighted by Gasteiger charge is -2.32. The molecule has 0 bridgehead atoms. The molecule has 2 atom stereocenters. The average Bonchev–Trinajstić information content (AvgIpc) is 2.28. The highest BCUT2D eigenvalue weighted by Gasteiger charge is 2.28. The smallest absolute Gasteiger partial charge is 0.138 e. The van der Waals surface area contributed by atoms with Gasteiger partial charge in [0.15, 0.2) is 0 Å². The number of para-hydroxylation sites is 1. The highest BCUT2D eigenvalue weighted by Crippen LogP contribution is 2.39. The van der Waals surface area contributed by atoms with Crippen molar-refractivity contribution in [3.8, 4) is 5.75 Å². The third-order valence-electron chi connectivity index (χ3n) is 3.01. The molecule has 0 radical (unpaired) electrons. The van der Waals surface area contributed by atoms with Gasteiger partial charge >= 0.3 is 0 Å². The van der Waals surface area contributed by atoms with Gasteiger partial charge in [-0.1, -0.05) is 26.0 Å². The summed E-state index contributed by atoms with van der Waals surface area (Å²) in [6, 6.07) is 6.68. The number of hydrogen-bond acceptors (Lipinski definition) is 2. The molecule has 1 aromatic carbocycles. The molecule has 2 unspecified atom stereocenters. The Hall–Kier alpha value is -0.540. The van der Waals surface area contributed by atoms with Crippen molar-refractivity contribution in [2.24, 2.45) is 5.92 Å². The van der Waals surface area contributed by atoms with Crippen molar-refractivity contribution in [3.05, 3.63) is 28.2 Å². The molecule has 0 aromatic heterocycles. The minimum absolute atomic E-state index is 0.418. The van der Waals surface area contributed by atoms with Crippen LogP contribution >= 0.6 is 15.9 Å². The highest BCUT2D eigenvalue weighted by atomic mass is 79.9. The quantitative estimate of drug-likeness (QED) is 0.917. The molecule has 1 heterocycles. The number of fused-ring (bicyclic) bond motifs is 1. The molecule has 2 rings (SSSR count). The lowest BCUT2D eigenvalue weighted by atomic mass is 9.92. The van der Waals surface area contributed by atoms with E-state index in [9.17, 15) is 0 Å². The number of halogens is 1. The SMILES string of the molecule is CCCNC1c2cccc(Br)c2OCC1C. The van der Waals surface area contributed by atoms with Crippen molar-refractivity contribution in [3.63, 3.8) is 0 Å². The van der Waals surface area contributed by atoms with E-state index in [0.717, 1.165) is 29.8 Å². The van der Waals surface area contributed by atoms with Crippen molar-refractivity contribution in [1.82, 2.24) is 5.32 Å². The zero-order valence-corrected chi connectivity index (χ0v) is 11.4. The number of hydrogen-bond donors (Lipinski definition) is 1. The van der Waals surface area contributed by atoms with Crippen molar-refractivity contribution in [2.45, 2.75) is 26.3 Å². The Morgan fingerprint density at radius 1 is 1.50 bits per heavy atom. The summed E-state index contributed by atoms with van der Waals surface area (Å²) in [6.45, 7) is 6.27. The van der Waals surface area contributed by atoms with E-state index in [1.165, 1.54) is 5.56 Å². The summed E-state index contributed by atoms with van der Waals surface area (Å²) >= 11 is 3.54. The second kappa shape index (κ2) is 5.19. The standard InChI is InChI=1S/C13H18BrNO/c1-3-7-15-12-9(2)8-16-13-10(12)5-4-6-11(13)14/h4-6,9,12,15H,3,7-8H2,1-2H3. The zero-order chi connectivity index (χ0) is 11.5. The fourth-order valence-electron chi connectivity index (χ4n) is 2.15. The van der Waals surface area contributed by atoms with Crippen LogP contribution < -0.4 is 10.1 Å². The van der Waals surface area contributed by atoms with E-state index in [1.54, 1.807) is 0 Å². The molecule has 1 aromatic rings. The van der Waals surface area contributed by atoms with E-state index < -0.39 is 0 Å². The Labute approximate surface area is 106 Å². The van der Waals surface area contributed by atoms with Crippen LogP contribution in [0.1, 0.15) is 31.9 Å². The first-order valence-corrected chi connectivity index (χ1v) is 6.68. The van der Waals surface area contributed by atoms with Gasteiger partial charge in [-0.3, -0.25) is 0 Å². The van der Waals surface area contributed by atoms with Gasteiger partial charge in [-0.05, 0) is 35.0 Å². The summed E-state index contributed by atoms with van der Waals surface area (Å²) < 4.78 is 6.85. The van der Waals surface area contributed by atoms with E-state index in [2.05, 4.69) is 47.2 Å². The molecule has 0 aliphatic carbocycles. The van der Waals surface area contributed by atoms with E-state index >= 15 is 0 Å². The molecular formula is C13H18BrNO. The first-order chi connectivity index (χ1) is 7.74. The van der Waals surface area contributed by atoms with Gasteiger partial charge in [0, 0.05) is 17.5 Å². The lowest BCUT2D eigenvalue weighted by Crippen LogP contribution is -2.34. The van der Waals surface area contributed by atoms with E-state index in [0.29, 0.717) is 12.0 Å². The van der Waals surface area contributed by atoms with Crippen LogP contribution in [-0.2, 0) is 0 Å². The van der Waals surface area contributed by atoms with E-state index in [-0.39, 0.29) is 0 Å². The van der Waals surface area contributed by atoms with Gasteiger partial charge in [-0.2, -0.15) is 0 Å². The summed E-state index contributed by atoms with van der Waals surface area (Å²) in [5.74, 6) is 1.53. The Bertz CT molecular complexity index is 367. The normalized spacial score (nSPS) is 23.7. The predicted molar refractivity (Wildman–Crippen MR) is 69.8 cm³/mol. The average molecular weight is 284 g/mol. The fourth-order valence-corrected chi connectivity index (χ4v) is 2.65. The van der Waals surface area contributed by atoms with Crippen LogP contribution in [-0.4, -0.2) is 13.2 Å². The maximum absolute atomic E-state index is 5.79. The van der Waals surface area contributed by atoms with Crippen LogP contribution in [0.2, 0.25) is 0 Å². The van der Waals surface area contributed by atoms with Crippen LogP contribution in [0.5, 0.6) is 5.75 Å². The van der Waals surface area contributed by atoms with Crippen molar-refractivity contribution in [2.75, 3.05) is 13.2 Å². The maximum atomic E-state index is 5.79. The Balaban J connectivity index is 2.29. The monoisotopic (exact) mass is 283 g/mol. The number of nitrogens with one attached hydrogen (secondary N) is 1. The van der Waals surface area contributed by atoms with Gasteiger partial charge < -0.3 is 10.1 Å². The number of ether oxygens (including phenoxy) is 1. The third kappa shape index (κ3) is 2.25. The second-order valence-corrected chi connectivity index (χ2v) is 5.23. The molecule has 0 saturated carbocycles. The molecule has 0 spiro atoms. The first-order valence-electron chi connectivity index (χ1n) is 5.88. The molecule has 0 saturated heterocycles. The molecule has 88 valence electrons. The molecule has 1 aliphatic heterocycles. The minimum Gasteiger partial charge on any atom is -0.492 e. The van der Waals surface area contributed by atoms with Crippen LogP contribution in [0.4, 0.5) is 0 Å². The van der Waals surface area contributed by atoms with Gasteiger partial charge in [-0.25, -0.2) is 0 Å². The molecule has 0 amide bonds. The number of benzene rings is 1. The Kier molecular flexibility index (Phi) is 3.87. The third-order valence-corrected chi connectivity index (χ3v) is 3.63. The Morgan fingerprint density at radius 2 is 2.31 bits per heavy atom. The van der Waals surface area contributed by atoms with Crippen LogP contribution in [0, 0.1) is 5.92 Å². The lowest BCUT2D eigenvalue weighted by molar-refractivity contribution is 0.187. The van der Waals surface area contributed by atoms with E-state index in [1.807, 2.05) is 6.07 Å². The fraction of sp³-hybridized carbons (Fsp3) is 0.538. The maximum Gasteiger partial charge on any atom is 0.138 e. The van der Waals surface area contributed by atoms with Crippen molar-refractivity contribution >= 4 is 15.9 Å². The first kappa shape index (κ1) is 11.9. The summed E-state index contributed by atoms with van der Waals surface area (Å²) in [7, 11) is 0. The van der Waals surface area contributed by atoms with E-state index in [4.69, 9.17) is 4.74 Å². The number of rotatable bonds is 3. The van der Waals surface area contributed by atoms with Crippen LogP contribution in [0.25, 0.3) is 0 Å². The second-order valence-electron chi connectivity index (χ2n) is 4.38.